The maximum atomic E-state index is 11.3. The number of β-lactam (4-membered cyclic amide) rings is 1. The molecular formula is C9H12N4OS. The number of amides is 1. The predicted octanol–water partition coefficient (Wildman–Crippen LogP) is 0.342. The minimum absolute atomic E-state index is 0.0878. The molecular weight excluding hydrogens is 212 g/mol. The van der Waals surface area contributed by atoms with Crippen molar-refractivity contribution in [3.8, 4) is 0 Å². The van der Waals surface area contributed by atoms with Crippen molar-refractivity contribution in [2.45, 2.75) is 30.0 Å². The molecule has 1 aromatic rings. The van der Waals surface area contributed by atoms with Crippen LogP contribution in [-0.2, 0) is 11.3 Å². The normalized spacial score (nSPS) is 34.1. The van der Waals surface area contributed by atoms with Crippen LogP contribution in [0.1, 0.15) is 13.3 Å². The topological polar surface area (TPSA) is 51.0 Å². The molecule has 0 bridgehead atoms. The Morgan fingerprint density at radius 3 is 3.20 bits per heavy atom. The van der Waals surface area contributed by atoms with E-state index in [-0.39, 0.29) is 10.7 Å². The number of nitrogens with zero attached hydrogens (tertiary/aromatic N) is 4. The molecule has 2 aliphatic heterocycles. The van der Waals surface area contributed by atoms with Crippen molar-refractivity contribution >= 4 is 17.7 Å². The van der Waals surface area contributed by atoms with Crippen LogP contribution >= 0.6 is 11.8 Å². The van der Waals surface area contributed by atoms with Crippen LogP contribution in [-0.4, -0.2) is 42.5 Å². The summed E-state index contributed by atoms with van der Waals surface area (Å²) in [6.45, 7) is 3.84. The van der Waals surface area contributed by atoms with Gasteiger partial charge in [0.1, 0.15) is 0 Å². The summed E-state index contributed by atoms with van der Waals surface area (Å²) in [5, 5.41) is 8.16. The molecule has 2 saturated heterocycles. The van der Waals surface area contributed by atoms with Crippen LogP contribution in [0.25, 0.3) is 0 Å². The molecule has 0 aromatic carbocycles. The Kier molecular flexibility index (Phi) is 1.83. The molecule has 6 heteroatoms. The summed E-state index contributed by atoms with van der Waals surface area (Å²) in [6, 6.07) is 0. The largest absolute Gasteiger partial charge is 0.329 e. The van der Waals surface area contributed by atoms with Crippen LogP contribution in [0, 0.1) is 0 Å². The van der Waals surface area contributed by atoms with E-state index >= 15 is 0 Å². The molecule has 2 fully saturated rings. The van der Waals surface area contributed by atoms with Crippen molar-refractivity contribution in [1.29, 1.82) is 0 Å². The first kappa shape index (κ1) is 9.21. The molecule has 2 aliphatic rings. The van der Waals surface area contributed by atoms with Gasteiger partial charge in [-0.05, 0) is 6.92 Å². The molecule has 3 rings (SSSR count). The third-order valence-electron chi connectivity index (χ3n) is 2.91. The Hall–Kier alpha value is -1.04. The molecule has 3 heterocycles. The summed E-state index contributed by atoms with van der Waals surface area (Å²) in [7, 11) is 0. The number of carbonyl (C=O) groups is 1. The van der Waals surface area contributed by atoms with Gasteiger partial charge in [-0.15, -0.1) is 16.9 Å². The van der Waals surface area contributed by atoms with E-state index in [1.54, 1.807) is 6.20 Å². The first-order chi connectivity index (χ1) is 7.16. The van der Waals surface area contributed by atoms with Crippen molar-refractivity contribution < 1.29 is 4.79 Å². The Labute approximate surface area is 91.8 Å². The minimum atomic E-state index is 0.0878. The van der Waals surface area contributed by atoms with Crippen LogP contribution in [0.4, 0.5) is 0 Å². The van der Waals surface area contributed by atoms with Gasteiger partial charge in [0, 0.05) is 12.7 Å². The summed E-state index contributed by atoms with van der Waals surface area (Å²) < 4.78 is 1.92. The molecule has 0 unspecified atom stereocenters. The molecule has 80 valence electrons. The first-order valence-corrected chi connectivity index (χ1v) is 5.86. The van der Waals surface area contributed by atoms with E-state index in [2.05, 4.69) is 17.2 Å². The van der Waals surface area contributed by atoms with Gasteiger partial charge in [-0.3, -0.25) is 9.48 Å². The average Bonchev–Trinajstić information content (AvgIpc) is 2.74. The number of hydrogen-bond acceptors (Lipinski definition) is 4. The zero-order chi connectivity index (χ0) is 10.5. The quantitative estimate of drug-likeness (QED) is 0.680. The molecule has 2 atom stereocenters. The SMILES string of the molecule is C[C@@]1(Cn2ccnn2)CN2C(=O)C[C@H]2S1. The molecule has 0 radical (unpaired) electrons. The second-order valence-corrected chi connectivity index (χ2v) is 6.11. The van der Waals surface area contributed by atoms with E-state index in [1.807, 2.05) is 27.5 Å². The van der Waals surface area contributed by atoms with Crippen LogP contribution in [0.2, 0.25) is 0 Å². The maximum absolute atomic E-state index is 11.3. The average molecular weight is 224 g/mol. The fourth-order valence-electron chi connectivity index (χ4n) is 2.19. The number of aromatic nitrogens is 3. The molecule has 5 nitrogen and oxygen atoms in total. The van der Waals surface area contributed by atoms with Crippen LogP contribution in [0.15, 0.2) is 12.4 Å². The zero-order valence-corrected chi connectivity index (χ0v) is 9.28. The molecule has 0 aliphatic carbocycles. The Morgan fingerprint density at radius 1 is 1.73 bits per heavy atom. The molecule has 0 N–H and O–H groups in total. The fraction of sp³-hybridized carbons (Fsp3) is 0.667. The lowest BCUT2D eigenvalue weighted by Crippen LogP contribution is -2.48. The number of hydrogen-bond donors (Lipinski definition) is 0. The molecule has 1 aromatic heterocycles. The van der Waals surface area contributed by atoms with Gasteiger partial charge in [0.25, 0.3) is 0 Å². The van der Waals surface area contributed by atoms with Gasteiger partial charge in [0.2, 0.25) is 5.91 Å². The highest BCUT2D eigenvalue weighted by Gasteiger charge is 2.50. The van der Waals surface area contributed by atoms with Crippen molar-refractivity contribution in [2.24, 2.45) is 0 Å². The summed E-state index contributed by atoms with van der Waals surface area (Å²) >= 11 is 1.88. The van der Waals surface area contributed by atoms with Crippen molar-refractivity contribution in [2.75, 3.05) is 6.54 Å². The Bertz CT molecular complexity index is 393. The third-order valence-corrected chi connectivity index (χ3v) is 4.43. The second-order valence-electron chi connectivity index (χ2n) is 4.35. The maximum Gasteiger partial charge on any atom is 0.226 e. The van der Waals surface area contributed by atoms with Crippen molar-refractivity contribution in [1.82, 2.24) is 19.9 Å². The molecule has 15 heavy (non-hydrogen) atoms. The Balaban J connectivity index is 1.73. The second kappa shape index (κ2) is 2.98. The summed E-state index contributed by atoms with van der Waals surface area (Å²) in [5.41, 5.74) is 0. The predicted molar refractivity (Wildman–Crippen MR) is 56.1 cm³/mol. The zero-order valence-electron chi connectivity index (χ0n) is 8.46. The number of rotatable bonds is 2. The van der Waals surface area contributed by atoms with E-state index < -0.39 is 0 Å². The number of fused-ring (bicyclic) bond motifs is 1. The monoisotopic (exact) mass is 224 g/mol. The first-order valence-electron chi connectivity index (χ1n) is 4.98. The van der Waals surface area contributed by atoms with Gasteiger partial charge >= 0.3 is 0 Å². The van der Waals surface area contributed by atoms with Gasteiger partial charge in [-0.2, -0.15) is 0 Å². The van der Waals surface area contributed by atoms with E-state index in [1.165, 1.54) is 0 Å². The lowest BCUT2D eigenvalue weighted by atomic mass is 10.1. The number of thioether (sulfide) groups is 1. The van der Waals surface area contributed by atoms with Gasteiger partial charge in [-0.25, -0.2) is 0 Å². The minimum Gasteiger partial charge on any atom is -0.329 e. The van der Waals surface area contributed by atoms with Crippen LogP contribution in [0.3, 0.4) is 0 Å². The lowest BCUT2D eigenvalue weighted by molar-refractivity contribution is -0.140. The summed E-state index contributed by atoms with van der Waals surface area (Å²) in [6.07, 6.45) is 4.25. The highest BCUT2D eigenvalue weighted by molar-refractivity contribution is 8.01. The standard InChI is InChI=1S/C9H12N4OS/c1-9(5-12-3-2-10-11-12)6-13-7(14)4-8(13)15-9/h2-3,8H,4-6H2,1H3/t8-,9-/m1/s1. The fourth-order valence-corrected chi connectivity index (χ4v) is 3.82. The van der Waals surface area contributed by atoms with Gasteiger partial charge in [0.05, 0.1) is 29.3 Å². The van der Waals surface area contributed by atoms with E-state index in [9.17, 15) is 4.79 Å². The highest BCUT2D eigenvalue weighted by atomic mass is 32.2. The van der Waals surface area contributed by atoms with Crippen LogP contribution in [0.5, 0.6) is 0 Å². The van der Waals surface area contributed by atoms with Gasteiger partial charge < -0.3 is 4.90 Å². The molecule has 0 saturated carbocycles. The molecule has 1 amide bonds. The van der Waals surface area contributed by atoms with Crippen molar-refractivity contribution in [3.63, 3.8) is 0 Å². The van der Waals surface area contributed by atoms with Crippen LogP contribution < -0.4 is 0 Å². The third kappa shape index (κ3) is 1.43. The van der Waals surface area contributed by atoms with Gasteiger partial charge in [-0.1, -0.05) is 5.21 Å². The Morgan fingerprint density at radius 2 is 2.60 bits per heavy atom. The lowest BCUT2D eigenvalue weighted by Gasteiger charge is -2.32. The smallest absolute Gasteiger partial charge is 0.226 e. The van der Waals surface area contributed by atoms with E-state index in [0.29, 0.717) is 11.8 Å². The van der Waals surface area contributed by atoms with Gasteiger partial charge in [0.15, 0.2) is 0 Å². The highest BCUT2D eigenvalue weighted by Crippen LogP contribution is 2.46. The number of carbonyl (C=O) groups excluding carboxylic acids is 1. The summed E-state index contributed by atoms with van der Waals surface area (Å²) in [5.74, 6) is 0.287. The molecule has 0 spiro atoms. The van der Waals surface area contributed by atoms with Crippen molar-refractivity contribution in [3.05, 3.63) is 12.4 Å². The van der Waals surface area contributed by atoms with E-state index in [4.69, 9.17) is 0 Å². The van der Waals surface area contributed by atoms with E-state index in [0.717, 1.165) is 13.1 Å². The summed E-state index contributed by atoms with van der Waals surface area (Å²) in [4.78, 5) is 13.2.